The minimum atomic E-state index is 0.268. The minimum absolute atomic E-state index is 0.268. The van der Waals surface area contributed by atoms with Crippen molar-refractivity contribution in [3.05, 3.63) is 12.2 Å². The maximum absolute atomic E-state index is 8.96. The van der Waals surface area contributed by atoms with Crippen LogP contribution in [0.15, 0.2) is 12.2 Å². The Bertz CT molecular complexity index is 268. The van der Waals surface area contributed by atoms with Crippen LogP contribution in [0.25, 0.3) is 0 Å². The summed E-state index contributed by atoms with van der Waals surface area (Å²) in [4.78, 5) is 0. The number of nitrogens with zero attached hydrogens (tertiary/aromatic N) is 2. The average molecular weight is 232 g/mol. The van der Waals surface area contributed by atoms with Crippen molar-refractivity contribution in [3.8, 4) is 12.1 Å². The van der Waals surface area contributed by atoms with E-state index < -0.39 is 0 Å². The molecule has 17 heavy (non-hydrogen) atoms. The van der Waals surface area contributed by atoms with Crippen LogP contribution in [0.3, 0.4) is 0 Å². The van der Waals surface area contributed by atoms with Gasteiger partial charge in [0, 0.05) is 5.92 Å². The average Bonchev–Trinajstić information content (AvgIpc) is 2.36. The highest BCUT2D eigenvalue weighted by molar-refractivity contribution is 4.90. The van der Waals surface area contributed by atoms with Crippen LogP contribution < -0.4 is 0 Å². The summed E-state index contributed by atoms with van der Waals surface area (Å²) in [7, 11) is 0. The molecule has 0 bridgehead atoms. The second-order valence-electron chi connectivity index (χ2n) is 4.44. The van der Waals surface area contributed by atoms with Gasteiger partial charge in [0.2, 0.25) is 0 Å². The molecule has 0 N–H and O–H groups in total. The van der Waals surface area contributed by atoms with Crippen molar-refractivity contribution in [3.63, 3.8) is 0 Å². The fourth-order valence-electron chi connectivity index (χ4n) is 1.81. The van der Waals surface area contributed by atoms with Crippen molar-refractivity contribution in [2.45, 2.75) is 64.7 Å². The molecule has 0 aliphatic heterocycles. The number of allylic oxidation sites excluding steroid dienone is 2. The summed E-state index contributed by atoms with van der Waals surface area (Å²) in [5, 5.41) is 17.3. The Labute approximate surface area is 106 Å². The number of hydrogen-bond donors (Lipinski definition) is 0. The largest absolute Gasteiger partial charge is 0.198 e. The third-order valence-electron chi connectivity index (χ3n) is 2.89. The van der Waals surface area contributed by atoms with Gasteiger partial charge in [-0.05, 0) is 25.7 Å². The van der Waals surface area contributed by atoms with Gasteiger partial charge in [0.15, 0.2) is 0 Å². The van der Waals surface area contributed by atoms with E-state index in [9.17, 15) is 0 Å². The van der Waals surface area contributed by atoms with Gasteiger partial charge in [0.1, 0.15) is 0 Å². The summed E-state index contributed by atoms with van der Waals surface area (Å²) in [6.07, 6.45) is 13.6. The zero-order valence-electron chi connectivity index (χ0n) is 11.0. The maximum atomic E-state index is 8.96. The van der Waals surface area contributed by atoms with Crippen LogP contribution in [0.2, 0.25) is 0 Å². The van der Waals surface area contributed by atoms with Gasteiger partial charge < -0.3 is 0 Å². The SMILES string of the molecule is CCCCC(C#N)CCCCCC=CCC#N. The van der Waals surface area contributed by atoms with Crippen molar-refractivity contribution in [2.75, 3.05) is 0 Å². The van der Waals surface area contributed by atoms with Gasteiger partial charge in [-0.1, -0.05) is 44.8 Å². The van der Waals surface area contributed by atoms with E-state index in [1.807, 2.05) is 6.08 Å². The molecular weight excluding hydrogens is 208 g/mol. The molecule has 0 aromatic rings. The first kappa shape index (κ1) is 15.7. The number of rotatable bonds is 10. The first-order valence-electron chi connectivity index (χ1n) is 6.76. The molecule has 0 radical (unpaired) electrons. The van der Waals surface area contributed by atoms with Crippen LogP contribution in [0.4, 0.5) is 0 Å². The van der Waals surface area contributed by atoms with Crippen molar-refractivity contribution in [1.29, 1.82) is 10.5 Å². The monoisotopic (exact) mass is 232 g/mol. The molecule has 0 aromatic carbocycles. The van der Waals surface area contributed by atoms with Crippen LogP contribution in [-0.2, 0) is 0 Å². The molecule has 0 rings (SSSR count). The van der Waals surface area contributed by atoms with E-state index in [-0.39, 0.29) is 5.92 Å². The van der Waals surface area contributed by atoms with Gasteiger partial charge in [-0.25, -0.2) is 0 Å². The minimum Gasteiger partial charge on any atom is -0.198 e. The fourth-order valence-corrected chi connectivity index (χ4v) is 1.81. The lowest BCUT2D eigenvalue weighted by atomic mass is 9.97. The first-order chi connectivity index (χ1) is 8.35. The van der Waals surface area contributed by atoms with Gasteiger partial charge >= 0.3 is 0 Å². The molecule has 2 nitrogen and oxygen atoms in total. The predicted molar refractivity (Wildman–Crippen MR) is 71.1 cm³/mol. The zero-order chi connectivity index (χ0) is 12.8. The number of nitriles is 2. The smallest absolute Gasteiger partial charge is 0.0663 e. The maximum Gasteiger partial charge on any atom is 0.0663 e. The molecule has 0 heterocycles. The Balaban J connectivity index is 3.37. The topological polar surface area (TPSA) is 47.6 Å². The van der Waals surface area contributed by atoms with Gasteiger partial charge in [0.05, 0.1) is 18.6 Å². The Hall–Kier alpha value is -1.28. The predicted octanol–water partition coefficient (Wildman–Crippen LogP) is 4.74. The summed E-state index contributed by atoms with van der Waals surface area (Å²) in [6, 6.07) is 4.49. The van der Waals surface area contributed by atoms with Crippen molar-refractivity contribution in [1.82, 2.24) is 0 Å². The molecule has 2 heteroatoms. The zero-order valence-corrected chi connectivity index (χ0v) is 11.0. The van der Waals surface area contributed by atoms with Crippen molar-refractivity contribution in [2.24, 2.45) is 5.92 Å². The Morgan fingerprint density at radius 2 is 1.76 bits per heavy atom. The number of unbranched alkanes of at least 4 members (excludes halogenated alkanes) is 4. The summed E-state index contributed by atoms with van der Waals surface area (Å²) in [5.41, 5.74) is 0. The Kier molecular flexibility index (Phi) is 11.8. The molecule has 0 fully saturated rings. The lowest BCUT2D eigenvalue weighted by Gasteiger charge is -2.07. The molecule has 0 spiro atoms. The Morgan fingerprint density at radius 3 is 2.41 bits per heavy atom. The molecule has 0 amide bonds. The molecule has 0 saturated carbocycles. The highest BCUT2D eigenvalue weighted by Gasteiger charge is 2.05. The van der Waals surface area contributed by atoms with Crippen LogP contribution in [-0.4, -0.2) is 0 Å². The second kappa shape index (κ2) is 12.8. The van der Waals surface area contributed by atoms with Crippen LogP contribution in [0, 0.1) is 28.6 Å². The Morgan fingerprint density at radius 1 is 1.00 bits per heavy atom. The highest BCUT2D eigenvalue weighted by Crippen LogP contribution is 2.16. The summed E-state index contributed by atoms with van der Waals surface area (Å²) in [5.74, 6) is 0.268. The quantitative estimate of drug-likeness (QED) is 0.403. The highest BCUT2D eigenvalue weighted by atomic mass is 14.3. The summed E-state index contributed by atoms with van der Waals surface area (Å²) >= 11 is 0. The first-order valence-corrected chi connectivity index (χ1v) is 6.76. The molecule has 1 unspecified atom stereocenters. The van der Waals surface area contributed by atoms with Crippen LogP contribution in [0.1, 0.15) is 64.7 Å². The van der Waals surface area contributed by atoms with Gasteiger partial charge in [-0.2, -0.15) is 10.5 Å². The van der Waals surface area contributed by atoms with Gasteiger partial charge in [-0.15, -0.1) is 0 Å². The van der Waals surface area contributed by atoms with E-state index >= 15 is 0 Å². The lowest BCUT2D eigenvalue weighted by molar-refractivity contribution is 0.494. The van der Waals surface area contributed by atoms with E-state index in [1.54, 1.807) is 0 Å². The third-order valence-corrected chi connectivity index (χ3v) is 2.89. The van der Waals surface area contributed by atoms with Gasteiger partial charge in [0.25, 0.3) is 0 Å². The molecule has 0 aromatic heterocycles. The van der Waals surface area contributed by atoms with Crippen LogP contribution >= 0.6 is 0 Å². The van der Waals surface area contributed by atoms with Crippen molar-refractivity contribution >= 4 is 0 Å². The molecule has 0 saturated heterocycles. The fraction of sp³-hybridized carbons (Fsp3) is 0.733. The van der Waals surface area contributed by atoms with Crippen LogP contribution in [0.5, 0.6) is 0 Å². The molecule has 0 aliphatic carbocycles. The van der Waals surface area contributed by atoms with E-state index in [2.05, 4.69) is 25.1 Å². The van der Waals surface area contributed by atoms with E-state index in [0.29, 0.717) is 6.42 Å². The lowest BCUT2D eigenvalue weighted by Crippen LogP contribution is -1.96. The summed E-state index contributed by atoms with van der Waals surface area (Å²) in [6.45, 7) is 2.17. The summed E-state index contributed by atoms with van der Waals surface area (Å²) < 4.78 is 0. The molecule has 94 valence electrons. The standard InChI is InChI=1S/C15H24N2/c1-2-3-11-15(14-17)12-9-7-5-4-6-8-10-13-16/h6,8,15H,2-5,7,9-12H2,1H3. The van der Waals surface area contributed by atoms with Crippen molar-refractivity contribution < 1.29 is 0 Å². The third kappa shape index (κ3) is 11.0. The van der Waals surface area contributed by atoms with Gasteiger partial charge in [-0.3, -0.25) is 0 Å². The molecule has 1 atom stereocenters. The number of hydrogen-bond acceptors (Lipinski definition) is 2. The normalized spacial score (nSPS) is 12.2. The molecule has 0 aliphatic rings. The van der Waals surface area contributed by atoms with E-state index in [4.69, 9.17) is 10.5 Å². The second-order valence-corrected chi connectivity index (χ2v) is 4.44. The molecular formula is C15H24N2. The van der Waals surface area contributed by atoms with E-state index in [0.717, 1.165) is 25.7 Å². The van der Waals surface area contributed by atoms with E-state index in [1.165, 1.54) is 25.7 Å².